The number of fused-ring (bicyclic) bond motifs is 1. The summed E-state index contributed by atoms with van der Waals surface area (Å²) in [4.78, 5) is 13.7. The minimum atomic E-state index is -3.62. The van der Waals surface area contributed by atoms with Gasteiger partial charge in [-0.05, 0) is 49.2 Å². The van der Waals surface area contributed by atoms with Gasteiger partial charge >= 0.3 is 0 Å². The van der Waals surface area contributed by atoms with Crippen LogP contribution < -0.4 is 14.4 Å². The van der Waals surface area contributed by atoms with Gasteiger partial charge in [-0.3, -0.25) is 4.79 Å². The largest absolute Gasteiger partial charge is 0.492 e. The highest BCUT2D eigenvalue weighted by molar-refractivity contribution is 7.89. The fourth-order valence-corrected chi connectivity index (χ4v) is 4.26. The molecular weight excluding hydrogens is 352 g/mol. The number of rotatable bonds is 6. The van der Waals surface area contributed by atoms with Crippen LogP contribution in [-0.2, 0) is 21.2 Å². The van der Waals surface area contributed by atoms with Crippen molar-refractivity contribution in [3.8, 4) is 5.75 Å². The van der Waals surface area contributed by atoms with Crippen molar-refractivity contribution >= 4 is 21.6 Å². The average molecular weight is 374 g/mol. The van der Waals surface area contributed by atoms with E-state index < -0.39 is 10.0 Å². The maximum absolute atomic E-state index is 12.5. The van der Waals surface area contributed by atoms with Gasteiger partial charge in [0.2, 0.25) is 15.9 Å². The van der Waals surface area contributed by atoms with Crippen molar-refractivity contribution < 1.29 is 17.9 Å². The molecule has 0 aromatic heterocycles. The summed E-state index contributed by atoms with van der Waals surface area (Å²) in [6, 6.07) is 14.2. The van der Waals surface area contributed by atoms with E-state index in [4.69, 9.17) is 4.74 Å². The molecule has 0 spiro atoms. The van der Waals surface area contributed by atoms with E-state index >= 15 is 0 Å². The molecule has 6 nitrogen and oxygen atoms in total. The quantitative estimate of drug-likeness (QED) is 0.788. The first-order valence-electron chi connectivity index (χ1n) is 8.49. The Bertz CT molecular complexity index is 897. The molecule has 1 aliphatic heterocycles. The first-order chi connectivity index (χ1) is 12.4. The molecule has 1 N–H and O–H groups in total. The van der Waals surface area contributed by atoms with Crippen LogP contribution in [0, 0.1) is 0 Å². The number of hydrogen-bond acceptors (Lipinski definition) is 4. The van der Waals surface area contributed by atoms with Gasteiger partial charge in [0, 0.05) is 25.2 Å². The SMILES string of the molecule is CC(=O)N1c2ccc(S(=O)(=O)NCCOc3ccccc3)cc2CC1C. The van der Waals surface area contributed by atoms with E-state index in [-0.39, 0.29) is 30.0 Å². The number of amides is 1. The van der Waals surface area contributed by atoms with Crippen LogP contribution >= 0.6 is 0 Å². The van der Waals surface area contributed by atoms with Crippen LogP contribution in [0.1, 0.15) is 19.4 Å². The van der Waals surface area contributed by atoms with Crippen molar-refractivity contribution in [3.63, 3.8) is 0 Å². The van der Waals surface area contributed by atoms with E-state index in [9.17, 15) is 13.2 Å². The molecule has 2 aromatic carbocycles. The van der Waals surface area contributed by atoms with Gasteiger partial charge in [0.1, 0.15) is 12.4 Å². The second kappa shape index (κ2) is 7.47. The third kappa shape index (κ3) is 3.89. The Morgan fingerprint density at radius 3 is 2.65 bits per heavy atom. The van der Waals surface area contributed by atoms with E-state index in [0.717, 1.165) is 11.3 Å². The van der Waals surface area contributed by atoms with Crippen molar-refractivity contribution in [1.82, 2.24) is 4.72 Å². The Hall–Kier alpha value is -2.38. The number of carbonyl (C=O) groups is 1. The van der Waals surface area contributed by atoms with E-state index in [1.54, 1.807) is 17.0 Å². The molecule has 138 valence electrons. The molecule has 0 fully saturated rings. The lowest BCUT2D eigenvalue weighted by atomic mass is 10.1. The highest BCUT2D eigenvalue weighted by Gasteiger charge is 2.30. The second-order valence-corrected chi connectivity index (χ2v) is 8.06. The Labute approximate surface area is 153 Å². The average Bonchev–Trinajstić information content (AvgIpc) is 2.94. The number of sulfonamides is 1. The molecule has 2 aromatic rings. The maximum Gasteiger partial charge on any atom is 0.240 e. The van der Waals surface area contributed by atoms with Crippen LogP contribution in [0.25, 0.3) is 0 Å². The number of nitrogens with one attached hydrogen (secondary N) is 1. The van der Waals surface area contributed by atoms with Crippen LogP contribution in [0.3, 0.4) is 0 Å². The van der Waals surface area contributed by atoms with Crippen molar-refractivity contribution in [2.24, 2.45) is 0 Å². The van der Waals surface area contributed by atoms with Crippen LogP contribution in [0.15, 0.2) is 53.4 Å². The first kappa shape index (κ1) is 18.4. The predicted molar refractivity (Wildman–Crippen MR) is 99.9 cm³/mol. The fourth-order valence-electron chi connectivity index (χ4n) is 3.20. The summed E-state index contributed by atoms with van der Waals surface area (Å²) >= 11 is 0. The lowest BCUT2D eigenvalue weighted by Crippen LogP contribution is -2.33. The zero-order valence-electron chi connectivity index (χ0n) is 14.8. The van der Waals surface area contributed by atoms with Gasteiger partial charge in [-0.25, -0.2) is 13.1 Å². The third-order valence-electron chi connectivity index (χ3n) is 4.32. The second-order valence-electron chi connectivity index (χ2n) is 6.29. The van der Waals surface area contributed by atoms with Crippen LogP contribution in [0.4, 0.5) is 5.69 Å². The van der Waals surface area contributed by atoms with Gasteiger partial charge in [0.15, 0.2) is 0 Å². The Balaban J connectivity index is 1.65. The van der Waals surface area contributed by atoms with Crippen LogP contribution in [0.5, 0.6) is 5.75 Å². The molecule has 1 atom stereocenters. The minimum Gasteiger partial charge on any atom is -0.492 e. The van der Waals surface area contributed by atoms with Gasteiger partial charge < -0.3 is 9.64 Å². The molecule has 0 bridgehead atoms. The van der Waals surface area contributed by atoms with E-state index in [2.05, 4.69) is 4.72 Å². The molecule has 0 radical (unpaired) electrons. The summed E-state index contributed by atoms with van der Waals surface area (Å²) in [5.41, 5.74) is 1.66. The zero-order valence-corrected chi connectivity index (χ0v) is 15.6. The lowest BCUT2D eigenvalue weighted by molar-refractivity contribution is -0.116. The number of anilines is 1. The molecular formula is C19H22N2O4S. The Morgan fingerprint density at radius 2 is 1.96 bits per heavy atom. The first-order valence-corrected chi connectivity index (χ1v) is 9.97. The summed E-state index contributed by atoms with van der Waals surface area (Å²) in [5, 5.41) is 0. The summed E-state index contributed by atoms with van der Waals surface area (Å²) in [6.07, 6.45) is 0.648. The molecule has 1 aliphatic rings. The Morgan fingerprint density at radius 1 is 1.23 bits per heavy atom. The van der Waals surface area contributed by atoms with Crippen LogP contribution in [-0.4, -0.2) is 33.5 Å². The highest BCUT2D eigenvalue weighted by atomic mass is 32.2. The van der Waals surface area contributed by atoms with Crippen molar-refractivity contribution in [2.75, 3.05) is 18.1 Å². The summed E-state index contributed by atoms with van der Waals surface area (Å²) in [6.45, 7) is 3.88. The molecule has 0 saturated carbocycles. The topological polar surface area (TPSA) is 75.7 Å². The number of ether oxygens (including phenoxy) is 1. The Kier molecular flexibility index (Phi) is 5.29. The van der Waals surface area contributed by atoms with E-state index in [1.165, 1.54) is 13.0 Å². The van der Waals surface area contributed by atoms with Crippen LogP contribution in [0.2, 0.25) is 0 Å². The lowest BCUT2D eigenvalue weighted by Gasteiger charge is -2.20. The molecule has 7 heteroatoms. The monoisotopic (exact) mass is 374 g/mol. The third-order valence-corrected chi connectivity index (χ3v) is 5.78. The van der Waals surface area contributed by atoms with Gasteiger partial charge in [-0.2, -0.15) is 0 Å². The molecule has 0 aliphatic carbocycles. The zero-order chi connectivity index (χ0) is 18.7. The summed E-state index contributed by atoms with van der Waals surface area (Å²) < 4.78 is 33.0. The van der Waals surface area contributed by atoms with Crippen molar-refractivity contribution in [2.45, 2.75) is 31.2 Å². The minimum absolute atomic E-state index is 0.0349. The summed E-state index contributed by atoms with van der Waals surface area (Å²) in [5.74, 6) is 0.658. The van der Waals surface area contributed by atoms with Crippen molar-refractivity contribution in [3.05, 3.63) is 54.1 Å². The molecule has 1 heterocycles. The number of hydrogen-bond donors (Lipinski definition) is 1. The molecule has 26 heavy (non-hydrogen) atoms. The number of nitrogens with zero attached hydrogens (tertiary/aromatic N) is 1. The molecule has 1 unspecified atom stereocenters. The van der Waals surface area contributed by atoms with Crippen molar-refractivity contribution in [1.29, 1.82) is 0 Å². The number of para-hydroxylation sites is 1. The van der Waals surface area contributed by atoms with Gasteiger partial charge in [0.05, 0.1) is 4.90 Å². The highest BCUT2D eigenvalue weighted by Crippen LogP contribution is 2.33. The predicted octanol–water partition coefficient (Wildman–Crippen LogP) is 2.34. The smallest absolute Gasteiger partial charge is 0.240 e. The molecule has 0 saturated heterocycles. The van der Waals surface area contributed by atoms with Gasteiger partial charge in [0.25, 0.3) is 0 Å². The molecule has 1 amide bonds. The standard InChI is InChI=1S/C19H22N2O4S/c1-14-12-16-13-18(8-9-19(16)21(14)15(2)22)26(23,24)20-10-11-25-17-6-4-3-5-7-17/h3-9,13-14,20H,10-12H2,1-2H3. The van der Waals surface area contributed by atoms with Gasteiger partial charge in [-0.1, -0.05) is 18.2 Å². The number of benzene rings is 2. The maximum atomic E-state index is 12.5. The van der Waals surface area contributed by atoms with E-state index in [0.29, 0.717) is 12.2 Å². The fraction of sp³-hybridized carbons (Fsp3) is 0.316. The van der Waals surface area contributed by atoms with Gasteiger partial charge in [-0.15, -0.1) is 0 Å². The normalized spacial score (nSPS) is 16.4. The molecule has 3 rings (SSSR count). The van der Waals surface area contributed by atoms with E-state index in [1.807, 2.05) is 37.3 Å². The number of carbonyl (C=O) groups excluding carboxylic acids is 1. The summed E-state index contributed by atoms with van der Waals surface area (Å²) in [7, 11) is -3.62.